The Hall–Kier alpha value is -3.20. The van der Waals surface area contributed by atoms with Gasteiger partial charge in [-0.2, -0.15) is 0 Å². The van der Waals surface area contributed by atoms with Crippen molar-refractivity contribution in [1.29, 1.82) is 0 Å². The first-order chi connectivity index (χ1) is 13.7. The topological polar surface area (TPSA) is 114 Å². The molecule has 1 aliphatic heterocycles. The molecule has 0 radical (unpaired) electrons. The third-order valence-electron chi connectivity index (χ3n) is 4.42. The van der Waals surface area contributed by atoms with E-state index in [1.807, 2.05) is 32.0 Å². The van der Waals surface area contributed by atoms with Gasteiger partial charge < -0.3 is 10.6 Å². The molecule has 2 N–H and O–H groups in total. The minimum Gasteiger partial charge on any atom is -0.320 e. The van der Waals surface area contributed by atoms with Gasteiger partial charge in [0.15, 0.2) is 5.17 Å². The van der Waals surface area contributed by atoms with Gasteiger partial charge in [0.25, 0.3) is 5.69 Å². The van der Waals surface area contributed by atoms with E-state index in [2.05, 4.69) is 15.6 Å². The highest BCUT2D eigenvalue weighted by Crippen LogP contribution is 2.30. The number of nitro groups is 1. The van der Waals surface area contributed by atoms with Crippen LogP contribution in [0.5, 0.6) is 0 Å². The molecule has 2 aromatic carbocycles. The number of aliphatic imine (C=N–C) groups is 1. The normalized spacial score (nSPS) is 17.3. The van der Waals surface area contributed by atoms with Gasteiger partial charge >= 0.3 is 0 Å². The van der Waals surface area contributed by atoms with E-state index in [9.17, 15) is 19.7 Å². The van der Waals surface area contributed by atoms with Crippen molar-refractivity contribution in [3.05, 3.63) is 63.2 Å². The zero-order chi connectivity index (χ0) is 21.1. The third-order valence-corrected chi connectivity index (χ3v) is 5.51. The van der Waals surface area contributed by atoms with E-state index in [0.29, 0.717) is 10.7 Å². The largest absolute Gasteiger partial charge is 0.320 e. The molecule has 0 spiro atoms. The molecule has 1 heterocycles. The summed E-state index contributed by atoms with van der Waals surface area (Å²) in [5, 5.41) is 16.2. The number of amidine groups is 1. The summed E-state index contributed by atoms with van der Waals surface area (Å²) in [4.78, 5) is 39.8. The molecule has 150 valence electrons. The average Bonchev–Trinajstić information content (AvgIpc) is 2.98. The molecule has 3 rings (SSSR count). The predicted octanol–water partition coefficient (Wildman–Crippen LogP) is 3.77. The fourth-order valence-electron chi connectivity index (χ4n) is 2.94. The van der Waals surface area contributed by atoms with Gasteiger partial charge in [-0.15, -0.1) is 0 Å². The van der Waals surface area contributed by atoms with Gasteiger partial charge in [-0.1, -0.05) is 36.0 Å². The number of para-hydroxylation sites is 1. The van der Waals surface area contributed by atoms with Crippen LogP contribution in [0.15, 0.2) is 41.4 Å². The fraction of sp³-hybridized carbons (Fsp3) is 0.250. The van der Waals surface area contributed by atoms with Crippen molar-refractivity contribution < 1.29 is 14.5 Å². The van der Waals surface area contributed by atoms with Gasteiger partial charge in [-0.3, -0.25) is 19.7 Å². The van der Waals surface area contributed by atoms with E-state index in [-0.39, 0.29) is 23.7 Å². The van der Waals surface area contributed by atoms with Crippen LogP contribution < -0.4 is 10.6 Å². The van der Waals surface area contributed by atoms with Crippen LogP contribution >= 0.6 is 11.8 Å². The van der Waals surface area contributed by atoms with Crippen molar-refractivity contribution in [3.8, 4) is 0 Å². The molecule has 0 bridgehead atoms. The number of rotatable bonds is 5. The number of amides is 2. The van der Waals surface area contributed by atoms with E-state index in [4.69, 9.17) is 0 Å². The molecule has 2 aromatic rings. The Labute approximate surface area is 171 Å². The molecule has 0 unspecified atom stereocenters. The van der Waals surface area contributed by atoms with Crippen LogP contribution in [0.1, 0.15) is 23.1 Å². The lowest BCUT2D eigenvalue weighted by Crippen LogP contribution is -2.28. The Morgan fingerprint density at radius 1 is 1.24 bits per heavy atom. The Morgan fingerprint density at radius 2 is 1.93 bits per heavy atom. The van der Waals surface area contributed by atoms with Crippen molar-refractivity contribution >= 4 is 45.8 Å². The van der Waals surface area contributed by atoms with Crippen LogP contribution in [0.3, 0.4) is 0 Å². The smallest absolute Gasteiger partial charge is 0.293 e. The van der Waals surface area contributed by atoms with Crippen LogP contribution in [-0.2, 0) is 9.59 Å². The maximum absolute atomic E-state index is 12.4. The Kier molecular flexibility index (Phi) is 5.97. The number of nitro benzene ring substituents is 1. The molecular weight excluding hydrogens is 392 g/mol. The Bertz CT molecular complexity index is 1010. The highest BCUT2D eigenvalue weighted by Gasteiger charge is 2.32. The summed E-state index contributed by atoms with van der Waals surface area (Å²) >= 11 is 1.18. The van der Waals surface area contributed by atoms with Crippen molar-refractivity contribution in [2.24, 2.45) is 4.99 Å². The summed E-state index contributed by atoms with van der Waals surface area (Å²) in [6.45, 7) is 5.61. The van der Waals surface area contributed by atoms with E-state index in [1.165, 1.54) is 23.9 Å². The van der Waals surface area contributed by atoms with E-state index >= 15 is 0 Å². The quantitative estimate of drug-likeness (QED) is 0.573. The zero-order valence-electron chi connectivity index (χ0n) is 16.2. The summed E-state index contributed by atoms with van der Waals surface area (Å²) in [7, 11) is 0. The number of hydrogen-bond donors (Lipinski definition) is 2. The van der Waals surface area contributed by atoms with Gasteiger partial charge in [0.2, 0.25) is 11.8 Å². The molecule has 0 saturated carbocycles. The monoisotopic (exact) mass is 412 g/mol. The number of benzene rings is 2. The summed E-state index contributed by atoms with van der Waals surface area (Å²) in [5.41, 5.74) is 3.40. The molecule has 2 amide bonds. The molecular formula is C20H20N4O4S. The molecule has 1 saturated heterocycles. The van der Waals surface area contributed by atoms with Crippen LogP contribution in [0.4, 0.5) is 17.1 Å². The Balaban J connectivity index is 1.70. The van der Waals surface area contributed by atoms with Gasteiger partial charge in [0.05, 0.1) is 10.6 Å². The van der Waals surface area contributed by atoms with Crippen molar-refractivity contribution in [2.75, 3.05) is 5.32 Å². The second-order valence-corrected chi connectivity index (χ2v) is 7.97. The summed E-state index contributed by atoms with van der Waals surface area (Å²) in [6.07, 6.45) is -0.118. The molecule has 0 aromatic heterocycles. The van der Waals surface area contributed by atoms with Gasteiger partial charge in [0, 0.05) is 12.5 Å². The van der Waals surface area contributed by atoms with Crippen LogP contribution in [0.25, 0.3) is 0 Å². The number of carbonyl (C=O) groups is 2. The maximum Gasteiger partial charge on any atom is 0.293 e. The second-order valence-electron chi connectivity index (χ2n) is 6.78. The highest BCUT2D eigenvalue weighted by molar-refractivity contribution is 8.15. The molecule has 29 heavy (non-hydrogen) atoms. The number of thioether (sulfide) groups is 1. The van der Waals surface area contributed by atoms with E-state index in [0.717, 1.165) is 16.8 Å². The predicted molar refractivity (Wildman–Crippen MR) is 114 cm³/mol. The minimum absolute atomic E-state index is 0.110. The summed E-state index contributed by atoms with van der Waals surface area (Å²) in [6, 6.07) is 10.4. The molecule has 1 aliphatic rings. The molecule has 1 fully saturated rings. The number of aryl methyl sites for hydroxylation is 3. The zero-order valence-corrected chi connectivity index (χ0v) is 17.0. The maximum atomic E-state index is 12.4. The lowest BCUT2D eigenvalue weighted by atomic mass is 10.1. The lowest BCUT2D eigenvalue weighted by molar-refractivity contribution is -0.384. The van der Waals surface area contributed by atoms with Gasteiger partial charge in [0.1, 0.15) is 10.9 Å². The van der Waals surface area contributed by atoms with Crippen molar-refractivity contribution in [2.45, 2.75) is 32.4 Å². The molecule has 1 atom stereocenters. The minimum atomic E-state index is -0.650. The summed E-state index contributed by atoms with van der Waals surface area (Å²) < 4.78 is 0. The van der Waals surface area contributed by atoms with Gasteiger partial charge in [-0.25, -0.2) is 4.99 Å². The first-order valence-corrected chi connectivity index (χ1v) is 9.80. The molecule has 8 nitrogen and oxygen atoms in total. The fourth-order valence-corrected chi connectivity index (χ4v) is 3.92. The molecule has 9 heteroatoms. The highest BCUT2D eigenvalue weighted by atomic mass is 32.2. The van der Waals surface area contributed by atoms with Crippen LogP contribution in [0, 0.1) is 30.9 Å². The number of nitrogens with one attached hydrogen (secondary N) is 2. The standard InChI is InChI=1S/C20H20N4O4S/c1-11-7-8-14(15(9-11)24(27)28)21-17(25)10-16-19(26)23-20(29-16)22-18-12(2)5-4-6-13(18)3/h4-9,16H,10H2,1-3H3,(H,21,25)(H,22,23,26)/t16-/m0/s1. The lowest BCUT2D eigenvalue weighted by Gasteiger charge is -2.08. The van der Waals surface area contributed by atoms with Crippen LogP contribution in [-0.4, -0.2) is 27.2 Å². The van der Waals surface area contributed by atoms with Crippen LogP contribution in [0.2, 0.25) is 0 Å². The SMILES string of the molecule is Cc1ccc(NC(=O)C[C@@H]2SC(=Nc3c(C)cccc3C)NC2=O)c([N+](=O)[O-])c1. The molecule has 0 aliphatic carbocycles. The second kappa shape index (κ2) is 8.44. The number of carbonyl (C=O) groups excluding carboxylic acids is 2. The average molecular weight is 412 g/mol. The van der Waals surface area contributed by atoms with Gasteiger partial charge in [-0.05, 0) is 43.5 Å². The number of nitrogens with zero attached hydrogens (tertiary/aromatic N) is 2. The van der Waals surface area contributed by atoms with E-state index < -0.39 is 16.1 Å². The number of anilines is 1. The van der Waals surface area contributed by atoms with Crippen molar-refractivity contribution in [1.82, 2.24) is 5.32 Å². The summed E-state index contributed by atoms with van der Waals surface area (Å²) in [5.74, 6) is -0.786. The third kappa shape index (κ3) is 4.80. The van der Waals surface area contributed by atoms with E-state index in [1.54, 1.807) is 13.0 Å². The number of hydrogen-bond acceptors (Lipinski definition) is 6. The Morgan fingerprint density at radius 3 is 2.59 bits per heavy atom. The first kappa shape index (κ1) is 20.5. The first-order valence-electron chi connectivity index (χ1n) is 8.92. The van der Waals surface area contributed by atoms with Crippen molar-refractivity contribution in [3.63, 3.8) is 0 Å².